The molecule has 0 atom stereocenters. The average molecular weight is 440 g/mol. The van der Waals surface area contributed by atoms with Crippen LogP contribution in [-0.2, 0) is 29.2 Å². The molecule has 1 N–H and O–H groups in total. The number of hydrogen-bond donors (Lipinski definition) is 1. The zero-order valence-electron chi connectivity index (χ0n) is 18.1. The summed E-state index contributed by atoms with van der Waals surface area (Å²) in [6.45, 7) is 7.14. The molecule has 31 heavy (non-hydrogen) atoms. The van der Waals surface area contributed by atoms with Crippen LogP contribution < -0.4 is 11.0 Å². The molecular weight excluding hydrogens is 414 g/mol. The SMILES string of the molecule is CCn1c(=O)n(CC)c2cc(NC(=O)CSc3nc(C)cc(COC)c3C#N)ccc21. The number of aryl methyl sites for hydroxylation is 3. The van der Waals surface area contributed by atoms with Crippen LogP contribution in [-0.4, -0.2) is 32.9 Å². The lowest BCUT2D eigenvalue weighted by atomic mass is 10.1. The summed E-state index contributed by atoms with van der Waals surface area (Å²) in [5, 5.41) is 12.9. The van der Waals surface area contributed by atoms with Gasteiger partial charge in [-0.05, 0) is 50.6 Å². The quantitative estimate of drug-likeness (QED) is 0.541. The predicted molar refractivity (Wildman–Crippen MR) is 121 cm³/mol. The maximum absolute atomic E-state index is 12.6. The smallest absolute Gasteiger partial charge is 0.329 e. The van der Waals surface area contributed by atoms with Gasteiger partial charge in [0.05, 0.1) is 29.0 Å². The molecule has 0 saturated carbocycles. The molecule has 3 rings (SSSR count). The number of anilines is 1. The lowest BCUT2D eigenvalue weighted by Gasteiger charge is -2.10. The van der Waals surface area contributed by atoms with Crippen molar-refractivity contribution in [1.29, 1.82) is 5.26 Å². The second-order valence-corrected chi connectivity index (χ2v) is 7.92. The van der Waals surface area contributed by atoms with E-state index in [1.165, 1.54) is 11.8 Å². The van der Waals surface area contributed by atoms with Crippen molar-refractivity contribution in [2.75, 3.05) is 18.2 Å². The van der Waals surface area contributed by atoms with E-state index in [1.54, 1.807) is 22.3 Å². The zero-order valence-corrected chi connectivity index (χ0v) is 18.9. The van der Waals surface area contributed by atoms with Crippen LogP contribution in [0.5, 0.6) is 0 Å². The average Bonchev–Trinajstić information content (AvgIpc) is 3.01. The number of carbonyl (C=O) groups is 1. The Kier molecular flexibility index (Phi) is 7.15. The second-order valence-electron chi connectivity index (χ2n) is 6.96. The molecule has 3 aromatic rings. The molecule has 0 bridgehead atoms. The van der Waals surface area contributed by atoms with Gasteiger partial charge in [0.1, 0.15) is 11.1 Å². The maximum atomic E-state index is 12.6. The van der Waals surface area contributed by atoms with E-state index in [1.807, 2.05) is 39.0 Å². The van der Waals surface area contributed by atoms with Crippen molar-refractivity contribution in [3.8, 4) is 6.07 Å². The highest BCUT2D eigenvalue weighted by molar-refractivity contribution is 8.00. The summed E-state index contributed by atoms with van der Waals surface area (Å²) in [7, 11) is 1.57. The van der Waals surface area contributed by atoms with Crippen LogP contribution in [0.4, 0.5) is 5.69 Å². The van der Waals surface area contributed by atoms with Crippen LogP contribution in [0.25, 0.3) is 11.0 Å². The van der Waals surface area contributed by atoms with Crippen LogP contribution in [0.2, 0.25) is 0 Å². The van der Waals surface area contributed by atoms with Gasteiger partial charge in [-0.2, -0.15) is 5.26 Å². The molecule has 9 heteroatoms. The van der Waals surface area contributed by atoms with Gasteiger partial charge in [-0.3, -0.25) is 13.9 Å². The van der Waals surface area contributed by atoms with Crippen molar-refractivity contribution in [1.82, 2.24) is 14.1 Å². The van der Waals surface area contributed by atoms with E-state index in [0.29, 0.717) is 36.0 Å². The third-order valence-corrected chi connectivity index (χ3v) is 5.86. The number of imidazole rings is 1. The topological polar surface area (TPSA) is 102 Å². The number of carbonyl (C=O) groups excluding carboxylic acids is 1. The number of nitriles is 1. The predicted octanol–water partition coefficient (Wildman–Crippen LogP) is 3.30. The van der Waals surface area contributed by atoms with Crippen molar-refractivity contribution < 1.29 is 9.53 Å². The monoisotopic (exact) mass is 439 g/mol. The third kappa shape index (κ3) is 4.65. The summed E-state index contributed by atoms with van der Waals surface area (Å²) in [5.41, 5.74) is 4.14. The van der Waals surface area contributed by atoms with Crippen LogP contribution in [0.1, 0.15) is 30.7 Å². The Balaban J connectivity index is 1.78. The van der Waals surface area contributed by atoms with Crippen molar-refractivity contribution in [3.63, 3.8) is 0 Å². The van der Waals surface area contributed by atoms with Crippen LogP contribution in [0.3, 0.4) is 0 Å². The second kappa shape index (κ2) is 9.81. The molecular formula is C22H25N5O3S. The highest BCUT2D eigenvalue weighted by Crippen LogP contribution is 2.25. The Morgan fingerprint density at radius 3 is 2.58 bits per heavy atom. The Labute approximate surface area is 184 Å². The number of rotatable bonds is 8. The van der Waals surface area contributed by atoms with Crippen molar-refractivity contribution >= 4 is 34.4 Å². The largest absolute Gasteiger partial charge is 0.380 e. The van der Waals surface area contributed by atoms with Gasteiger partial charge in [-0.15, -0.1) is 0 Å². The van der Waals surface area contributed by atoms with E-state index in [9.17, 15) is 14.9 Å². The first-order valence-corrected chi connectivity index (χ1v) is 11.0. The van der Waals surface area contributed by atoms with Gasteiger partial charge in [-0.25, -0.2) is 9.78 Å². The van der Waals surface area contributed by atoms with E-state index in [2.05, 4.69) is 16.4 Å². The van der Waals surface area contributed by atoms with Crippen molar-refractivity contribution in [2.24, 2.45) is 0 Å². The number of pyridine rings is 1. The van der Waals surface area contributed by atoms with Crippen LogP contribution in [0, 0.1) is 18.3 Å². The molecule has 0 fully saturated rings. The number of amides is 1. The van der Waals surface area contributed by atoms with E-state index >= 15 is 0 Å². The number of fused-ring (bicyclic) bond motifs is 1. The van der Waals surface area contributed by atoms with E-state index in [4.69, 9.17) is 4.74 Å². The minimum Gasteiger partial charge on any atom is -0.380 e. The summed E-state index contributed by atoms with van der Waals surface area (Å²) < 4.78 is 8.57. The first kappa shape index (κ1) is 22.6. The molecule has 0 aliphatic rings. The summed E-state index contributed by atoms with van der Waals surface area (Å²) in [4.78, 5) is 29.5. The van der Waals surface area contributed by atoms with Gasteiger partial charge in [0, 0.05) is 31.6 Å². The molecule has 0 unspecified atom stereocenters. The summed E-state index contributed by atoms with van der Waals surface area (Å²) in [6.07, 6.45) is 0. The highest BCUT2D eigenvalue weighted by atomic mass is 32.2. The molecule has 2 aromatic heterocycles. The minimum atomic E-state index is -0.217. The summed E-state index contributed by atoms with van der Waals surface area (Å²) >= 11 is 1.21. The fourth-order valence-corrected chi connectivity index (χ4v) is 4.41. The maximum Gasteiger partial charge on any atom is 0.329 e. The van der Waals surface area contributed by atoms with Crippen molar-refractivity contribution in [3.05, 3.63) is 51.6 Å². The standard InChI is InChI=1S/C22H25N5O3S/c1-5-26-18-8-7-16(10-19(18)27(6-2)22(26)29)25-20(28)13-31-21-17(11-23)15(12-30-4)9-14(3)24-21/h7-10H,5-6,12-13H2,1-4H3,(H,25,28). The summed E-state index contributed by atoms with van der Waals surface area (Å²) in [6, 6.07) is 9.44. The van der Waals surface area contributed by atoms with E-state index < -0.39 is 0 Å². The molecule has 0 aliphatic carbocycles. The van der Waals surface area contributed by atoms with E-state index in [0.717, 1.165) is 22.3 Å². The zero-order chi connectivity index (χ0) is 22.5. The molecule has 0 aliphatic heterocycles. The summed E-state index contributed by atoms with van der Waals surface area (Å²) in [5.74, 6) is -0.114. The number of ether oxygens (including phenoxy) is 1. The Hall–Kier alpha value is -3.09. The number of methoxy groups -OCH3 is 1. The first-order chi connectivity index (χ1) is 14.9. The number of thioether (sulfide) groups is 1. The molecule has 8 nitrogen and oxygen atoms in total. The first-order valence-electron chi connectivity index (χ1n) is 9.98. The Bertz CT molecular complexity index is 1220. The highest BCUT2D eigenvalue weighted by Gasteiger charge is 2.15. The Morgan fingerprint density at radius 1 is 1.23 bits per heavy atom. The van der Waals surface area contributed by atoms with E-state index in [-0.39, 0.29) is 17.3 Å². The number of aromatic nitrogens is 3. The van der Waals surface area contributed by atoms with Crippen LogP contribution >= 0.6 is 11.8 Å². The van der Waals surface area contributed by atoms with Gasteiger partial charge < -0.3 is 10.1 Å². The number of nitrogens with zero attached hydrogens (tertiary/aromatic N) is 4. The lowest BCUT2D eigenvalue weighted by Crippen LogP contribution is -2.23. The molecule has 1 amide bonds. The molecule has 0 spiro atoms. The fourth-order valence-electron chi connectivity index (χ4n) is 3.54. The number of hydrogen-bond acceptors (Lipinski definition) is 6. The molecule has 0 radical (unpaired) electrons. The van der Waals surface area contributed by atoms with Gasteiger partial charge in [0.15, 0.2) is 0 Å². The van der Waals surface area contributed by atoms with Crippen molar-refractivity contribution in [2.45, 2.75) is 45.5 Å². The minimum absolute atomic E-state index is 0.0551. The molecule has 1 aromatic carbocycles. The molecule has 162 valence electrons. The lowest BCUT2D eigenvalue weighted by molar-refractivity contribution is -0.113. The van der Waals surface area contributed by atoms with Gasteiger partial charge in [0.2, 0.25) is 5.91 Å². The fraction of sp³-hybridized carbons (Fsp3) is 0.364. The normalized spacial score (nSPS) is 10.9. The molecule has 2 heterocycles. The Morgan fingerprint density at radius 2 is 1.94 bits per heavy atom. The van der Waals surface area contributed by atoms with Crippen LogP contribution in [0.15, 0.2) is 34.1 Å². The third-order valence-electron chi connectivity index (χ3n) is 4.88. The van der Waals surface area contributed by atoms with Gasteiger partial charge >= 0.3 is 5.69 Å². The number of benzene rings is 1. The van der Waals surface area contributed by atoms with Gasteiger partial charge in [0.25, 0.3) is 0 Å². The van der Waals surface area contributed by atoms with Gasteiger partial charge in [-0.1, -0.05) is 11.8 Å². The number of nitrogens with one attached hydrogen (secondary N) is 1. The molecule has 0 saturated heterocycles.